The van der Waals surface area contributed by atoms with Crippen LogP contribution in [0.3, 0.4) is 0 Å². The van der Waals surface area contributed by atoms with Gasteiger partial charge in [-0.25, -0.2) is 4.39 Å². The molecule has 1 fully saturated rings. The van der Waals surface area contributed by atoms with E-state index in [1.54, 1.807) is 24.1 Å². The topological polar surface area (TPSA) is 32.3 Å². The third-order valence-electron chi connectivity index (χ3n) is 4.30. The lowest BCUT2D eigenvalue weighted by atomic mass is 9.77. The molecule has 0 saturated heterocycles. The molecule has 1 aromatic carbocycles. The smallest absolute Gasteiger partial charge is 0.233 e. The van der Waals surface area contributed by atoms with Gasteiger partial charge >= 0.3 is 0 Å². The van der Waals surface area contributed by atoms with E-state index in [1.165, 1.54) is 6.07 Å². The van der Waals surface area contributed by atoms with Gasteiger partial charge in [-0.3, -0.25) is 4.79 Å². The zero-order chi connectivity index (χ0) is 14.6. The molecule has 1 aliphatic carbocycles. The van der Waals surface area contributed by atoms with Gasteiger partial charge in [0.1, 0.15) is 5.82 Å². The molecule has 0 bridgehead atoms. The van der Waals surface area contributed by atoms with Crippen molar-refractivity contribution in [3.63, 3.8) is 0 Å². The first-order valence-electron chi connectivity index (χ1n) is 7.27. The Balaban J connectivity index is 2.31. The van der Waals surface area contributed by atoms with Gasteiger partial charge in [0.2, 0.25) is 5.91 Å². The zero-order valence-corrected chi connectivity index (χ0v) is 12.3. The van der Waals surface area contributed by atoms with Crippen molar-refractivity contribution in [3.8, 4) is 0 Å². The fraction of sp³-hybridized carbons (Fsp3) is 0.562. The SMILES string of the molecule is CNCCN(C)C(=O)C1(c2ccccc2F)CCCC1. The van der Waals surface area contributed by atoms with Gasteiger partial charge in [0.05, 0.1) is 5.41 Å². The number of hydrogen-bond acceptors (Lipinski definition) is 2. The minimum Gasteiger partial charge on any atom is -0.344 e. The number of halogens is 1. The van der Waals surface area contributed by atoms with Crippen LogP contribution < -0.4 is 5.32 Å². The summed E-state index contributed by atoms with van der Waals surface area (Å²) in [6, 6.07) is 6.72. The van der Waals surface area contributed by atoms with E-state index in [0.717, 1.165) is 32.2 Å². The molecule has 1 aliphatic rings. The minimum atomic E-state index is -0.659. The van der Waals surface area contributed by atoms with Crippen LogP contribution in [0, 0.1) is 5.82 Å². The number of nitrogens with zero attached hydrogens (tertiary/aromatic N) is 1. The zero-order valence-electron chi connectivity index (χ0n) is 12.3. The van der Waals surface area contributed by atoms with E-state index in [2.05, 4.69) is 5.32 Å². The lowest BCUT2D eigenvalue weighted by Crippen LogP contribution is -2.46. The second-order valence-electron chi connectivity index (χ2n) is 5.60. The van der Waals surface area contributed by atoms with Crippen molar-refractivity contribution < 1.29 is 9.18 Å². The molecule has 0 atom stereocenters. The maximum Gasteiger partial charge on any atom is 0.233 e. The molecule has 3 nitrogen and oxygen atoms in total. The minimum absolute atomic E-state index is 0.0513. The summed E-state index contributed by atoms with van der Waals surface area (Å²) >= 11 is 0. The third-order valence-corrected chi connectivity index (χ3v) is 4.30. The van der Waals surface area contributed by atoms with Crippen molar-refractivity contribution in [3.05, 3.63) is 35.6 Å². The Morgan fingerprint density at radius 2 is 2.00 bits per heavy atom. The molecule has 1 aromatic rings. The molecule has 0 radical (unpaired) electrons. The van der Waals surface area contributed by atoms with Crippen LogP contribution in [0.15, 0.2) is 24.3 Å². The second-order valence-corrected chi connectivity index (χ2v) is 5.60. The lowest BCUT2D eigenvalue weighted by molar-refractivity contribution is -0.136. The van der Waals surface area contributed by atoms with E-state index in [4.69, 9.17) is 0 Å². The summed E-state index contributed by atoms with van der Waals surface area (Å²) in [4.78, 5) is 14.6. The molecule has 1 saturated carbocycles. The Bertz CT molecular complexity index is 469. The molecule has 4 heteroatoms. The van der Waals surface area contributed by atoms with Crippen LogP contribution >= 0.6 is 0 Å². The van der Waals surface area contributed by atoms with Gasteiger partial charge in [-0.05, 0) is 26.0 Å². The highest BCUT2D eigenvalue weighted by Crippen LogP contribution is 2.43. The van der Waals surface area contributed by atoms with Gasteiger partial charge in [0.25, 0.3) is 0 Å². The molecular formula is C16H23FN2O. The number of rotatable bonds is 5. The number of hydrogen-bond donors (Lipinski definition) is 1. The number of benzene rings is 1. The van der Waals surface area contributed by atoms with Crippen molar-refractivity contribution in [1.82, 2.24) is 10.2 Å². The number of likely N-dealkylation sites (N-methyl/N-ethyl adjacent to an activating group) is 2. The first kappa shape index (κ1) is 15.0. The highest BCUT2D eigenvalue weighted by Gasteiger charge is 2.45. The van der Waals surface area contributed by atoms with Crippen molar-refractivity contribution in [2.45, 2.75) is 31.1 Å². The predicted molar refractivity (Wildman–Crippen MR) is 78.1 cm³/mol. The first-order valence-corrected chi connectivity index (χ1v) is 7.27. The molecule has 0 unspecified atom stereocenters. The summed E-state index contributed by atoms with van der Waals surface area (Å²) in [5, 5.41) is 3.04. The van der Waals surface area contributed by atoms with Crippen molar-refractivity contribution in [2.75, 3.05) is 27.2 Å². The van der Waals surface area contributed by atoms with Crippen LogP contribution in [0.1, 0.15) is 31.2 Å². The summed E-state index contributed by atoms with van der Waals surface area (Å²) in [7, 11) is 3.67. The molecule has 0 heterocycles. The average molecular weight is 278 g/mol. The van der Waals surface area contributed by atoms with Crippen LogP contribution in [0.5, 0.6) is 0 Å². The normalized spacial score (nSPS) is 17.1. The number of carbonyl (C=O) groups is 1. The fourth-order valence-electron chi connectivity index (χ4n) is 3.17. The highest BCUT2D eigenvalue weighted by molar-refractivity contribution is 5.88. The average Bonchev–Trinajstić information content (AvgIpc) is 2.95. The summed E-state index contributed by atoms with van der Waals surface area (Å²) in [6.45, 7) is 1.39. The Morgan fingerprint density at radius 1 is 1.35 bits per heavy atom. The molecule has 2 rings (SSSR count). The van der Waals surface area contributed by atoms with E-state index in [0.29, 0.717) is 12.1 Å². The summed E-state index contributed by atoms with van der Waals surface area (Å²) in [5.74, 6) is -0.208. The van der Waals surface area contributed by atoms with E-state index >= 15 is 0 Å². The molecule has 1 N–H and O–H groups in total. The van der Waals surface area contributed by atoms with Crippen LogP contribution in [0.4, 0.5) is 4.39 Å². The summed E-state index contributed by atoms with van der Waals surface area (Å²) < 4.78 is 14.2. The molecule has 20 heavy (non-hydrogen) atoms. The van der Waals surface area contributed by atoms with Gasteiger partial charge in [0.15, 0.2) is 0 Å². The predicted octanol–water partition coefficient (Wildman–Crippen LogP) is 2.32. The third kappa shape index (κ3) is 2.70. The standard InChI is InChI=1S/C16H23FN2O/c1-18-11-12-19(2)15(20)16(9-5-6-10-16)13-7-3-4-8-14(13)17/h3-4,7-8,18H,5-6,9-12H2,1-2H3. The highest BCUT2D eigenvalue weighted by atomic mass is 19.1. The van der Waals surface area contributed by atoms with Crippen molar-refractivity contribution in [1.29, 1.82) is 0 Å². The largest absolute Gasteiger partial charge is 0.344 e. The Kier molecular flexibility index (Phi) is 4.76. The summed E-state index contributed by atoms with van der Waals surface area (Å²) in [5.41, 5.74) is -0.0906. The first-order chi connectivity index (χ1) is 9.62. The Labute approximate surface area is 120 Å². The van der Waals surface area contributed by atoms with E-state index < -0.39 is 5.41 Å². The van der Waals surface area contributed by atoms with E-state index in [-0.39, 0.29) is 11.7 Å². The van der Waals surface area contributed by atoms with Gasteiger partial charge in [-0.15, -0.1) is 0 Å². The van der Waals surface area contributed by atoms with Gasteiger partial charge in [-0.1, -0.05) is 31.0 Å². The molecule has 0 aliphatic heterocycles. The fourth-order valence-corrected chi connectivity index (χ4v) is 3.17. The Morgan fingerprint density at radius 3 is 2.60 bits per heavy atom. The van der Waals surface area contributed by atoms with Gasteiger partial charge in [-0.2, -0.15) is 0 Å². The maximum atomic E-state index is 14.2. The van der Waals surface area contributed by atoms with Gasteiger partial charge < -0.3 is 10.2 Å². The van der Waals surface area contributed by atoms with E-state index in [1.807, 2.05) is 13.1 Å². The van der Waals surface area contributed by atoms with Gasteiger partial charge in [0, 0.05) is 25.7 Å². The molecular weight excluding hydrogens is 255 g/mol. The van der Waals surface area contributed by atoms with Crippen LogP contribution in [0.2, 0.25) is 0 Å². The quantitative estimate of drug-likeness (QED) is 0.896. The maximum absolute atomic E-state index is 14.2. The van der Waals surface area contributed by atoms with E-state index in [9.17, 15) is 9.18 Å². The number of amides is 1. The number of nitrogens with one attached hydrogen (secondary N) is 1. The molecule has 0 spiro atoms. The monoisotopic (exact) mass is 278 g/mol. The molecule has 1 amide bonds. The molecule has 110 valence electrons. The second kappa shape index (κ2) is 6.35. The van der Waals surface area contributed by atoms with Crippen LogP contribution in [-0.4, -0.2) is 38.0 Å². The van der Waals surface area contributed by atoms with Crippen molar-refractivity contribution in [2.24, 2.45) is 0 Å². The van der Waals surface area contributed by atoms with Crippen LogP contribution in [0.25, 0.3) is 0 Å². The lowest BCUT2D eigenvalue weighted by Gasteiger charge is -2.33. The molecule has 0 aromatic heterocycles. The number of carbonyl (C=O) groups excluding carboxylic acids is 1. The van der Waals surface area contributed by atoms with Crippen molar-refractivity contribution >= 4 is 5.91 Å². The summed E-state index contributed by atoms with van der Waals surface area (Å²) in [6.07, 6.45) is 3.47. The van der Waals surface area contributed by atoms with Crippen LogP contribution in [-0.2, 0) is 10.2 Å². The Hall–Kier alpha value is -1.42.